The van der Waals surface area contributed by atoms with Gasteiger partial charge in [0.15, 0.2) is 0 Å². The van der Waals surface area contributed by atoms with Gasteiger partial charge in [0.2, 0.25) is 0 Å². The lowest BCUT2D eigenvalue weighted by atomic mass is 9.90. The fourth-order valence-corrected chi connectivity index (χ4v) is 2.76. The number of carboxylic acid groups (broad SMARTS) is 1. The summed E-state index contributed by atoms with van der Waals surface area (Å²) in [6.45, 7) is 2.41. The molecule has 21 heavy (non-hydrogen) atoms. The van der Waals surface area contributed by atoms with Gasteiger partial charge in [-0.25, -0.2) is 0 Å². The molecule has 1 unspecified atom stereocenters. The Morgan fingerprint density at radius 1 is 1.29 bits per heavy atom. The van der Waals surface area contributed by atoms with Crippen molar-refractivity contribution in [3.8, 4) is 0 Å². The first-order valence-electron chi connectivity index (χ1n) is 6.88. The number of aliphatic carboxylic acids is 1. The first-order chi connectivity index (χ1) is 10.0. The summed E-state index contributed by atoms with van der Waals surface area (Å²) in [5, 5.41) is 10.1. The van der Waals surface area contributed by atoms with E-state index in [9.17, 15) is 14.7 Å². The lowest BCUT2D eigenvalue weighted by Gasteiger charge is -2.20. The molecule has 1 aliphatic heterocycles. The van der Waals surface area contributed by atoms with Gasteiger partial charge < -0.3 is 10.0 Å². The van der Waals surface area contributed by atoms with Crippen molar-refractivity contribution in [1.82, 2.24) is 9.88 Å². The fourth-order valence-electron chi connectivity index (χ4n) is 2.76. The van der Waals surface area contributed by atoms with E-state index < -0.39 is 11.4 Å². The van der Waals surface area contributed by atoms with Gasteiger partial charge in [-0.1, -0.05) is 18.2 Å². The van der Waals surface area contributed by atoms with Gasteiger partial charge in [0.25, 0.3) is 5.91 Å². The number of nitrogens with zero attached hydrogens (tertiary/aromatic N) is 2. The van der Waals surface area contributed by atoms with Gasteiger partial charge in [-0.3, -0.25) is 14.6 Å². The van der Waals surface area contributed by atoms with Crippen molar-refractivity contribution in [2.75, 3.05) is 13.1 Å². The molecule has 0 bridgehead atoms. The van der Waals surface area contributed by atoms with Crippen LogP contribution in [-0.2, 0) is 4.79 Å². The van der Waals surface area contributed by atoms with Crippen LogP contribution in [0.25, 0.3) is 10.9 Å². The van der Waals surface area contributed by atoms with Crippen molar-refractivity contribution in [2.45, 2.75) is 13.3 Å². The van der Waals surface area contributed by atoms with E-state index in [1.165, 1.54) is 0 Å². The number of hydrogen-bond donors (Lipinski definition) is 1. The van der Waals surface area contributed by atoms with Gasteiger partial charge >= 0.3 is 5.97 Å². The first-order valence-corrected chi connectivity index (χ1v) is 6.88. The fraction of sp³-hybridized carbons (Fsp3) is 0.312. The van der Waals surface area contributed by atoms with E-state index in [2.05, 4.69) is 4.98 Å². The van der Waals surface area contributed by atoms with Crippen molar-refractivity contribution in [2.24, 2.45) is 5.41 Å². The summed E-state index contributed by atoms with van der Waals surface area (Å²) in [6, 6.07) is 9.16. The zero-order valence-corrected chi connectivity index (χ0v) is 11.7. The molecule has 0 spiro atoms. The van der Waals surface area contributed by atoms with Gasteiger partial charge in [-0.2, -0.15) is 0 Å². The van der Waals surface area contributed by atoms with Crippen molar-refractivity contribution >= 4 is 22.8 Å². The number of fused-ring (bicyclic) bond motifs is 1. The van der Waals surface area contributed by atoms with Gasteiger partial charge in [0.05, 0.1) is 16.5 Å². The molecule has 1 aromatic carbocycles. The number of hydrogen-bond acceptors (Lipinski definition) is 3. The van der Waals surface area contributed by atoms with Gasteiger partial charge in [-0.15, -0.1) is 0 Å². The van der Waals surface area contributed by atoms with Crippen molar-refractivity contribution in [3.63, 3.8) is 0 Å². The van der Waals surface area contributed by atoms with Crippen LogP contribution >= 0.6 is 0 Å². The number of carbonyl (C=O) groups excluding carboxylic acids is 1. The predicted molar refractivity (Wildman–Crippen MR) is 78.0 cm³/mol. The highest BCUT2D eigenvalue weighted by atomic mass is 16.4. The molecule has 1 aliphatic rings. The van der Waals surface area contributed by atoms with E-state index in [4.69, 9.17) is 0 Å². The molecule has 1 amide bonds. The average Bonchev–Trinajstić information content (AvgIpc) is 2.90. The van der Waals surface area contributed by atoms with E-state index in [0.29, 0.717) is 18.5 Å². The van der Waals surface area contributed by atoms with Gasteiger partial charge in [0.1, 0.15) is 0 Å². The van der Waals surface area contributed by atoms with Crippen LogP contribution < -0.4 is 0 Å². The summed E-state index contributed by atoms with van der Waals surface area (Å²) in [5.41, 5.74) is 0.497. The molecule has 0 saturated carbocycles. The molecule has 2 aromatic rings. The molecule has 1 atom stereocenters. The second kappa shape index (κ2) is 4.84. The molecule has 1 N–H and O–H groups in total. The lowest BCUT2D eigenvalue weighted by molar-refractivity contribution is -0.147. The lowest BCUT2D eigenvalue weighted by Crippen LogP contribution is -2.34. The summed E-state index contributed by atoms with van der Waals surface area (Å²) >= 11 is 0. The molecule has 1 fully saturated rings. The number of aromatic nitrogens is 1. The third kappa shape index (κ3) is 2.24. The Kier molecular flexibility index (Phi) is 3.12. The highest BCUT2D eigenvalue weighted by molar-refractivity contribution is 6.06. The minimum Gasteiger partial charge on any atom is -0.481 e. The molecular formula is C16H16N2O3. The molecule has 0 aliphatic carbocycles. The molecule has 1 saturated heterocycles. The topological polar surface area (TPSA) is 70.5 Å². The second-order valence-electron chi connectivity index (χ2n) is 5.72. The van der Waals surface area contributed by atoms with Crippen LogP contribution in [-0.4, -0.2) is 40.0 Å². The SMILES string of the molecule is CC1(C(=O)O)CCN(C(=O)c2ccnc3ccccc23)C1. The second-order valence-corrected chi connectivity index (χ2v) is 5.72. The number of pyridine rings is 1. The maximum Gasteiger partial charge on any atom is 0.311 e. The molecule has 0 radical (unpaired) electrons. The maximum absolute atomic E-state index is 12.7. The number of amides is 1. The zero-order chi connectivity index (χ0) is 15.0. The third-order valence-electron chi connectivity index (χ3n) is 4.16. The predicted octanol–water partition coefficient (Wildman–Crippen LogP) is 2.17. The maximum atomic E-state index is 12.7. The standard InChI is InChI=1S/C16H16N2O3/c1-16(15(20)21)7-9-18(10-16)14(19)12-6-8-17-13-5-3-2-4-11(12)13/h2-6,8H,7,9-10H2,1H3,(H,20,21). The van der Waals surface area contributed by atoms with Crippen LogP contribution in [0.5, 0.6) is 0 Å². The van der Waals surface area contributed by atoms with Crippen LogP contribution in [0.1, 0.15) is 23.7 Å². The minimum absolute atomic E-state index is 0.126. The number of rotatable bonds is 2. The molecule has 5 heteroatoms. The monoisotopic (exact) mass is 284 g/mol. The van der Waals surface area contributed by atoms with Crippen LogP contribution in [0.3, 0.4) is 0 Å². The molecular weight excluding hydrogens is 268 g/mol. The summed E-state index contributed by atoms with van der Waals surface area (Å²) in [4.78, 5) is 29.8. The smallest absolute Gasteiger partial charge is 0.311 e. The van der Waals surface area contributed by atoms with Gasteiger partial charge in [0, 0.05) is 24.7 Å². The third-order valence-corrected chi connectivity index (χ3v) is 4.16. The Bertz CT molecular complexity index is 723. The first kappa shape index (κ1) is 13.5. The van der Waals surface area contributed by atoms with E-state index in [-0.39, 0.29) is 12.5 Å². The Balaban J connectivity index is 1.94. The summed E-state index contributed by atoms with van der Waals surface area (Å²) in [7, 11) is 0. The highest BCUT2D eigenvalue weighted by Gasteiger charge is 2.42. The van der Waals surface area contributed by atoms with Crippen molar-refractivity contribution < 1.29 is 14.7 Å². The summed E-state index contributed by atoms with van der Waals surface area (Å²) in [5.74, 6) is -0.976. The molecule has 2 heterocycles. The van der Waals surface area contributed by atoms with E-state index in [1.807, 2.05) is 24.3 Å². The Morgan fingerprint density at radius 3 is 2.76 bits per heavy atom. The minimum atomic E-state index is -0.850. The highest BCUT2D eigenvalue weighted by Crippen LogP contribution is 2.31. The molecule has 1 aromatic heterocycles. The molecule has 5 nitrogen and oxygen atoms in total. The molecule has 108 valence electrons. The number of para-hydroxylation sites is 1. The number of benzene rings is 1. The van der Waals surface area contributed by atoms with Crippen LogP contribution in [0.4, 0.5) is 0 Å². The zero-order valence-electron chi connectivity index (χ0n) is 11.7. The van der Waals surface area contributed by atoms with E-state index in [0.717, 1.165) is 10.9 Å². The Hall–Kier alpha value is -2.43. The number of likely N-dealkylation sites (tertiary alicyclic amines) is 1. The average molecular weight is 284 g/mol. The normalized spacial score (nSPS) is 21.7. The van der Waals surface area contributed by atoms with Crippen LogP contribution in [0.15, 0.2) is 36.5 Å². The van der Waals surface area contributed by atoms with E-state index >= 15 is 0 Å². The van der Waals surface area contributed by atoms with Crippen LogP contribution in [0.2, 0.25) is 0 Å². The summed E-state index contributed by atoms with van der Waals surface area (Å²) in [6.07, 6.45) is 2.10. The molecule has 3 rings (SSSR count). The quantitative estimate of drug-likeness (QED) is 0.917. The van der Waals surface area contributed by atoms with Crippen molar-refractivity contribution in [3.05, 3.63) is 42.1 Å². The Morgan fingerprint density at radius 2 is 2.05 bits per heavy atom. The number of carboxylic acids is 1. The van der Waals surface area contributed by atoms with Crippen LogP contribution in [0, 0.1) is 5.41 Å². The number of carbonyl (C=O) groups is 2. The van der Waals surface area contributed by atoms with Crippen molar-refractivity contribution in [1.29, 1.82) is 0 Å². The van der Waals surface area contributed by atoms with E-state index in [1.54, 1.807) is 24.1 Å². The Labute approximate surface area is 122 Å². The van der Waals surface area contributed by atoms with Gasteiger partial charge in [-0.05, 0) is 25.5 Å². The largest absolute Gasteiger partial charge is 0.481 e. The summed E-state index contributed by atoms with van der Waals surface area (Å²) < 4.78 is 0.